The first-order valence-corrected chi connectivity index (χ1v) is 7.06. The van der Waals surface area contributed by atoms with Gasteiger partial charge in [-0.15, -0.1) is 13.2 Å². The van der Waals surface area contributed by atoms with Gasteiger partial charge >= 0.3 is 0 Å². The second-order valence-electron chi connectivity index (χ2n) is 5.78. The van der Waals surface area contributed by atoms with Crippen molar-refractivity contribution >= 4 is 0 Å². The summed E-state index contributed by atoms with van der Waals surface area (Å²) in [6.45, 7) is 10.8. The van der Waals surface area contributed by atoms with Crippen LogP contribution >= 0.6 is 0 Å². The van der Waals surface area contributed by atoms with Crippen LogP contribution in [-0.2, 0) is 18.9 Å². The van der Waals surface area contributed by atoms with Crippen LogP contribution in [0.5, 0.6) is 0 Å². The zero-order valence-corrected chi connectivity index (χ0v) is 12.5. The summed E-state index contributed by atoms with van der Waals surface area (Å²) in [7, 11) is 0. The fourth-order valence-corrected chi connectivity index (χ4v) is 2.99. The van der Waals surface area contributed by atoms with Gasteiger partial charge in [0.05, 0.1) is 13.2 Å². The van der Waals surface area contributed by atoms with Gasteiger partial charge in [0.15, 0.2) is 12.1 Å². The molecule has 0 bridgehead atoms. The molecule has 2 fully saturated rings. The quantitative estimate of drug-likeness (QED) is 0.675. The van der Waals surface area contributed by atoms with Gasteiger partial charge in [0, 0.05) is 0 Å². The standard InChI is InChI=1S/C15H24O6/c1-5-7-15(18-8-6-2)11(10(17)9-16)19-13-12(15)20-14(3,4)21-13/h5-6,10-13,16-17H,1-2,7-9H2,3-4H3/t10-,11-,12+,13-,15-/m1/s1. The largest absolute Gasteiger partial charge is 0.394 e. The molecular formula is C15H24O6. The van der Waals surface area contributed by atoms with E-state index in [1.807, 2.05) is 0 Å². The first-order valence-electron chi connectivity index (χ1n) is 7.06. The Bertz CT molecular complexity index is 396. The average Bonchev–Trinajstić information content (AvgIpc) is 2.88. The van der Waals surface area contributed by atoms with E-state index in [0.717, 1.165) is 0 Å². The smallest absolute Gasteiger partial charge is 0.190 e. The third kappa shape index (κ3) is 2.92. The minimum absolute atomic E-state index is 0.263. The third-order valence-electron chi connectivity index (χ3n) is 3.77. The second-order valence-corrected chi connectivity index (χ2v) is 5.78. The van der Waals surface area contributed by atoms with Crippen molar-refractivity contribution < 1.29 is 29.2 Å². The van der Waals surface area contributed by atoms with Gasteiger partial charge in [-0.25, -0.2) is 0 Å². The molecule has 2 heterocycles. The molecular weight excluding hydrogens is 276 g/mol. The van der Waals surface area contributed by atoms with E-state index in [1.54, 1.807) is 26.0 Å². The molecule has 2 N–H and O–H groups in total. The summed E-state index contributed by atoms with van der Waals surface area (Å²) in [5, 5.41) is 19.4. The second kappa shape index (κ2) is 6.16. The fraction of sp³-hybridized carbons (Fsp3) is 0.733. The number of hydrogen-bond acceptors (Lipinski definition) is 6. The molecule has 2 rings (SSSR count). The lowest BCUT2D eigenvalue weighted by molar-refractivity contribution is -0.249. The summed E-state index contributed by atoms with van der Waals surface area (Å²) in [5.74, 6) is -0.797. The van der Waals surface area contributed by atoms with Crippen molar-refractivity contribution in [2.24, 2.45) is 0 Å². The minimum Gasteiger partial charge on any atom is -0.394 e. The predicted molar refractivity (Wildman–Crippen MR) is 75.5 cm³/mol. The van der Waals surface area contributed by atoms with Crippen molar-refractivity contribution in [3.05, 3.63) is 25.3 Å². The highest BCUT2D eigenvalue weighted by Gasteiger charge is 2.65. The summed E-state index contributed by atoms with van der Waals surface area (Å²) < 4.78 is 23.3. The van der Waals surface area contributed by atoms with Crippen LogP contribution in [0.1, 0.15) is 20.3 Å². The summed E-state index contributed by atoms with van der Waals surface area (Å²) >= 11 is 0. The Hall–Kier alpha value is -0.760. The van der Waals surface area contributed by atoms with Gasteiger partial charge < -0.3 is 29.2 Å². The fourth-order valence-electron chi connectivity index (χ4n) is 2.99. The van der Waals surface area contributed by atoms with Crippen LogP contribution in [0.2, 0.25) is 0 Å². The van der Waals surface area contributed by atoms with E-state index < -0.39 is 42.6 Å². The molecule has 0 amide bonds. The maximum Gasteiger partial charge on any atom is 0.190 e. The van der Waals surface area contributed by atoms with Crippen molar-refractivity contribution in [3.8, 4) is 0 Å². The molecule has 0 aliphatic carbocycles. The summed E-state index contributed by atoms with van der Waals surface area (Å²) in [4.78, 5) is 0. The number of aliphatic hydroxyl groups is 2. The number of fused-ring (bicyclic) bond motifs is 1. The van der Waals surface area contributed by atoms with Crippen LogP contribution in [0.25, 0.3) is 0 Å². The zero-order chi connectivity index (χ0) is 15.7. The highest BCUT2D eigenvalue weighted by atomic mass is 16.8. The first kappa shape index (κ1) is 16.6. The van der Waals surface area contributed by atoms with Gasteiger partial charge in [0.1, 0.15) is 23.9 Å². The van der Waals surface area contributed by atoms with E-state index >= 15 is 0 Å². The molecule has 2 aliphatic heterocycles. The number of aliphatic hydroxyl groups excluding tert-OH is 2. The van der Waals surface area contributed by atoms with Crippen molar-refractivity contribution in [3.63, 3.8) is 0 Å². The third-order valence-corrected chi connectivity index (χ3v) is 3.77. The normalized spacial score (nSPS) is 39.0. The highest BCUT2D eigenvalue weighted by molar-refractivity contribution is 5.11. The lowest BCUT2D eigenvalue weighted by Crippen LogP contribution is -2.55. The molecule has 2 saturated heterocycles. The predicted octanol–water partition coefficient (Wildman–Crippen LogP) is 0.733. The molecule has 6 heteroatoms. The molecule has 6 nitrogen and oxygen atoms in total. The van der Waals surface area contributed by atoms with Crippen LogP contribution < -0.4 is 0 Å². The lowest BCUT2D eigenvalue weighted by Gasteiger charge is -2.38. The van der Waals surface area contributed by atoms with Crippen molar-refractivity contribution in [2.45, 2.75) is 56.3 Å². The average molecular weight is 300 g/mol. The Kier molecular flexibility index (Phi) is 4.87. The molecule has 0 unspecified atom stereocenters. The molecule has 21 heavy (non-hydrogen) atoms. The molecule has 2 aliphatic rings. The molecule has 0 aromatic heterocycles. The van der Waals surface area contributed by atoms with E-state index in [-0.39, 0.29) is 6.61 Å². The maximum absolute atomic E-state index is 10.1. The monoisotopic (exact) mass is 300 g/mol. The molecule has 5 atom stereocenters. The molecule has 0 radical (unpaired) electrons. The number of ether oxygens (including phenoxy) is 4. The van der Waals surface area contributed by atoms with Crippen LogP contribution in [0.3, 0.4) is 0 Å². The van der Waals surface area contributed by atoms with Gasteiger partial charge in [-0.1, -0.05) is 12.2 Å². The maximum atomic E-state index is 10.1. The van der Waals surface area contributed by atoms with Gasteiger partial charge in [0.2, 0.25) is 0 Å². The van der Waals surface area contributed by atoms with E-state index in [9.17, 15) is 10.2 Å². The topological polar surface area (TPSA) is 77.4 Å². The van der Waals surface area contributed by atoms with Crippen molar-refractivity contribution in [1.82, 2.24) is 0 Å². The SMILES string of the molecule is C=CCO[C@]1(CC=C)[C@@H]([C@H](O)CO)O[C@@H]2OC(C)(C)O[C@@H]21. The van der Waals surface area contributed by atoms with E-state index in [0.29, 0.717) is 6.42 Å². The Morgan fingerprint density at radius 2 is 2.00 bits per heavy atom. The Morgan fingerprint density at radius 1 is 1.29 bits per heavy atom. The van der Waals surface area contributed by atoms with Gasteiger partial charge in [0.25, 0.3) is 0 Å². The number of hydrogen-bond donors (Lipinski definition) is 2. The molecule has 0 saturated carbocycles. The molecule has 0 aromatic rings. The summed E-state index contributed by atoms with van der Waals surface area (Å²) in [5.41, 5.74) is -0.976. The minimum atomic E-state index is -1.10. The van der Waals surface area contributed by atoms with E-state index in [1.165, 1.54) is 0 Å². The summed E-state index contributed by atoms with van der Waals surface area (Å²) in [6, 6.07) is 0. The Morgan fingerprint density at radius 3 is 2.57 bits per heavy atom. The van der Waals surface area contributed by atoms with Crippen LogP contribution in [0.4, 0.5) is 0 Å². The van der Waals surface area contributed by atoms with E-state index in [4.69, 9.17) is 18.9 Å². The van der Waals surface area contributed by atoms with Gasteiger partial charge in [-0.05, 0) is 20.3 Å². The lowest BCUT2D eigenvalue weighted by atomic mass is 9.85. The zero-order valence-electron chi connectivity index (χ0n) is 12.5. The molecule has 120 valence electrons. The van der Waals surface area contributed by atoms with Gasteiger partial charge in [-0.2, -0.15) is 0 Å². The van der Waals surface area contributed by atoms with Crippen LogP contribution in [0, 0.1) is 0 Å². The Balaban J connectivity index is 2.35. The van der Waals surface area contributed by atoms with Crippen LogP contribution in [0.15, 0.2) is 25.3 Å². The first-order chi connectivity index (χ1) is 9.90. The highest BCUT2D eigenvalue weighted by Crippen LogP contribution is 2.47. The summed E-state index contributed by atoms with van der Waals surface area (Å²) in [6.07, 6.45) is 0.639. The molecule has 0 spiro atoms. The van der Waals surface area contributed by atoms with Crippen LogP contribution in [-0.4, -0.2) is 59.4 Å². The van der Waals surface area contributed by atoms with Crippen molar-refractivity contribution in [1.29, 1.82) is 0 Å². The Labute approximate surface area is 125 Å². The van der Waals surface area contributed by atoms with Crippen molar-refractivity contribution in [2.75, 3.05) is 13.2 Å². The molecule has 0 aromatic carbocycles. The number of rotatable bonds is 7. The van der Waals surface area contributed by atoms with Gasteiger partial charge in [-0.3, -0.25) is 0 Å². The van der Waals surface area contributed by atoms with E-state index in [2.05, 4.69) is 13.2 Å².